The maximum Gasteiger partial charge on any atom is 0.416 e. The Kier molecular flexibility index (Phi) is 4.97. The first-order valence-corrected chi connectivity index (χ1v) is 8.13. The van der Waals surface area contributed by atoms with Crippen LogP contribution < -0.4 is 10.9 Å². The maximum atomic E-state index is 12.7. The lowest BCUT2D eigenvalue weighted by Gasteiger charge is -2.11. The van der Waals surface area contributed by atoms with Crippen molar-refractivity contribution in [3.05, 3.63) is 69.4 Å². The summed E-state index contributed by atoms with van der Waals surface area (Å²) in [4.78, 5) is 37.7. The Morgan fingerprint density at radius 2 is 1.83 bits per heavy atom. The van der Waals surface area contributed by atoms with E-state index in [9.17, 15) is 32.9 Å². The lowest BCUT2D eigenvalue weighted by molar-refractivity contribution is -0.384. The lowest BCUT2D eigenvalue weighted by atomic mass is 10.1. The summed E-state index contributed by atoms with van der Waals surface area (Å²) in [7, 11) is 0. The molecule has 0 aliphatic heterocycles. The van der Waals surface area contributed by atoms with Crippen molar-refractivity contribution in [2.75, 3.05) is 5.43 Å². The Morgan fingerprint density at radius 1 is 1.14 bits per heavy atom. The number of para-hydroxylation sites is 1. The fourth-order valence-corrected chi connectivity index (χ4v) is 2.83. The van der Waals surface area contributed by atoms with Gasteiger partial charge < -0.3 is 4.98 Å². The molecule has 0 aliphatic carbocycles. The highest BCUT2D eigenvalue weighted by Crippen LogP contribution is 2.34. The number of nitro groups is 1. The van der Waals surface area contributed by atoms with Gasteiger partial charge >= 0.3 is 12.1 Å². The monoisotopic (exact) mass is 406 g/mol. The largest absolute Gasteiger partial charge is 0.416 e. The molecule has 1 amide bonds. The summed E-state index contributed by atoms with van der Waals surface area (Å²) in [6.45, 7) is 1.61. The molecule has 0 spiro atoms. The predicted molar refractivity (Wildman–Crippen MR) is 97.2 cm³/mol. The van der Waals surface area contributed by atoms with Gasteiger partial charge in [0.1, 0.15) is 5.69 Å². The molecule has 0 bridgehead atoms. The number of benzene rings is 2. The predicted octanol–water partition coefficient (Wildman–Crippen LogP) is 3.73. The molecule has 0 aliphatic rings. The second kappa shape index (κ2) is 7.26. The van der Waals surface area contributed by atoms with E-state index in [2.05, 4.69) is 10.4 Å². The van der Waals surface area contributed by atoms with Gasteiger partial charge in [-0.05, 0) is 25.1 Å². The third kappa shape index (κ3) is 3.88. The third-order valence-corrected chi connectivity index (χ3v) is 4.16. The van der Waals surface area contributed by atoms with Gasteiger partial charge in [-0.15, -0.1) is 0 Å². The quantitative estimate of drug-likeness (QED) is 0.258. The molecular weight excluding hydrogens is 393 g/mol. The van der Waals surface area contributed by atoms with Crippen LogP contribution in [0, 0.1) is 17.0 Å². The number of H-pyrrole nitrogens is 1. The molecule has 2 aromatic carbocycles. The zero-order valence-electron chi connectivity index (χ0n) is 14.8. The van der Waals surface area contributed by atoms with E-state index in [1.54, 1.807) is 31.2 Å². The number of aromatic nitrogens is 1. The number of hydrogen-bond acceptors (Lipinski definition) is 5. The number of ketones is 1. The summed E-state index contributed by atoms with van der Waals surface area (Å²) < 4.78 is 38.2. The molecule has 150 valence electrons. The van der Waals surface area contributed by atoms with Crippen LogP contribution in [0.5, 0.6) is 0 Å². The van der Waals surface area contributed by atoms with E-state index >= 15 is 0 Å². The first kappa shape index (κ1) is 19.9. The summed E-state index contributed by atoms with van der Waals surface area (Å²) in [6.07, 6.45) is -4.77. The number of nitrogens with one attached hydrogen (secondary N) is 3. The van der Waals surface area contributed by atoms with Gasteiger partial charge in [0, 0.05) is 22.7 Å². The van der Waals surface area contributed by atoms with Crippen LogP contribution in [0.15, 0.2) is 42.5 Å². The standard InChI is InChI=1S/C18H13F3N4O4/c1-9-15(11-4-2-3-5-12(11)22-9)16(26)17(27)24-23-13-7-6-10(18(19,20)21)8-14(13)25(28)29/h2-8,22-23H,1H3,(H,24,27). The molecule has 3 rings (SSSR count). The fraction of sp³-hybridized carbons (Fsp3) is 0.111. The number of aryl methyl sites for hydroxylation is 1. The van der Waals surface area contributed by atoms with Crippen LogP contribution in [-0.4, -0.2) is 21.6 Å². The average Bonchev–Trinajstić information content (AvgIpc) is 3.00. The molecule has 1 heterocycles. The number of Topliss-reactive ketones (excluding diaryl/α,β-unsaturated/α-hetero) is 1. The molecule has 11 heteroatoms. The molecule has 0 atom stereocenters. The highest BCUT2D eigenvalue weighted by Gasteiger charge is 2.33. The van der Waals surface area contributed by atoms with Gasteiger partial charge in [0.05, 0.1) is 16.1 Å². The summed E-state index contributed by atoms with van der Waals surface area (Å²) >= 11 is 0. The molecule has 1 aromatic heterocycles. The smallest absolute Gasteiger partial charge is 0.358 e. The van der Waals surface area contributed by atoms with Gasteiger partial charge in [-0.3, -0.25) is 30.6 Å². The van der Waals surface area contributed by atoms with E-state index < -0.39 is 39.7 Å². The van der Waals surface area contributed by atoms with Crippen molar-refractivity contribution < 1.29 is 27.7 Å². The summed E-state index contributed by atoms with van der Waals surface area (Å²) in [6, 6.07) is 8.55. The number of anilines is 1. The van der Waals surface area contributed by atoms with Gasteiger partial charge in [-0.1, -0.05) is 18.2 Å². The number of rotatable bonds is 5. The number of carbonyl (C=O) groups is 2. The van der Waals surface area contributed by atoms with Gasteiger partial charge in [-0.2, -0.15) is 13.2 Å². The normalized spacial score (nSPS) is 11.3. The second-order valence-electron chi connectivity index (χ2n) is 6.07. The molecule has 29 heavy (non-hydrogen) atoms. The van der Waals surface area contributed by atoms with Crippen LogP contribution in [0.2, 0.25) is 0 Å². The molecule has 0 saturated carbocycles. The van der Waals surface area contributed by atoms with E-state index in [0.717, 1.165) is 6.07 Å². The van der Waals surface area contributed by atoms with E-state index in [1.807, 2.05) is 5.43 Å². The Balaban J connectivity index is 1.82. The van der Waals surface area contributed by atoms with Gasteiger partial charge in [0.2, 0.25) is 0 Å². The molecule has 3 N–H and O–H groups in total. The Morgan fingerprint density at radius 3 is 2.48 bits per heavy atom. The van der Waals surface area contributed by atoms with Crippen molar-refractivity contribution in [3.8, 4) is 0 Å². The highest BCUT2D eigenvalue weighted by molar-refractivity contribution is 6.45. The summed E-state index contributed by atoms with van der Waals surface area (Å²) in [5, 5.41) is 11.6. The average molecular weight is 406 g/mol. The number of hydrazine groups is 1. The van der Waals surface area contributed by atoms with Gasteiger partial charge in [0.15, 0.2) is 0 Å². The Hall–Kier alpha value is -3.89. The number of nitro benzene ring substituents is 1. The minimum absolute atomic E-state index is 0.127. The SMILES string of the molecule is Cc1[nH]c2ccccc2c1C(=O)C(=O)NNc1ccc(C(F)(F)F)cc1[N+](=O)[O-]. The number of alkyl halides is 3. The number of carbonyl (C=O) groups excluding carboxylic acids is 2. The lowest BCUT2D eigenvalue weighted by Crippen LogP contribution is -2.35. The number of hydrogen-bond donors (Lipinski definition) is 3. The Labute approximate surface area is 160 Å². The zero-order valence-corrected chi connectivity index (χ0v) is 14.8. The molecule has 0 saturated heterocycles. The van der Waals surface area contributed by atoms with E-state index in [4.69, 9.17) is 0 Å². The van der Waals surface area contributed by atoms with Crippen LogP contribution in [0.1, 0.15) is 21.6 Å². The van der Waals surface area contributed by atoms with E-state index in [1.165, 1.54) is 0 Å². The van der Waals surface area contributed by atoms with Crippen LogP contribution >= 0.6 is 0 Å². The number of aromatic amines is 1. The topological polar surface area (TPSA) is 117 Å². The van der Waals surface area contributed by atoms with Crippen LogP contribution in [0.4, 0.5) is 24.5 Å². The van der Waals surface area contributed by atoms with Crippen LogP contribution in [0.3, 0.4) is 0 Å². The van der Waals surface area contributed by atoms with Crippen molar-refractivity contribution in [3.63, 3.8) is 0 Å². The number of nitrogens with zero attached hydrogens (tertiary/aromatic N) is 1. The number of halogens is 3. The van der Waals surface area contributed by atoms with Gasteiger partial charge in [-0.25, -0.2) is 0 Å². The maximum absolute atomic E-state index is 12.7. The van der Waals surface area contributed by atoms with Gasteiger partial charge in [0.25, 0.3) is 11.5 Å². The molecular formula is C18H13F3N4O4. The molecule has 0 fully saturated rings. The molecule has 8 nitrogen and oxygen atoms in total. The first-order valence-electron chi connectivity index (χ1n) is 8.13. The van der Waals surface area contributed by atoms with Crippen LogP contribution in [0.25, 0.3) is 10.9 Å². The van der Waals surface area contributed by atoms with Crippen molar-refractivity contribution >= 4 is 34.0 Å². The molecule has 0 radical (unpaired) electrons. The Bertz CT molecular complexity index is 1140. The van der Waals surface area contributed by atoms with Crippen molar-refractivity contribution in [1.29, 1.82) is 0 Å². The number of amides is 1. The fourth-order valence-electron chi connectivity index (χ4n) is 2.83. The number of fused-ring (bicyclic) bond motifs is 1. The van der Waals surface area contributed by atoms with Crippen LogP contribution in [-0.2, 0) is 11.0 Å². The minimum atomic E-state index is -4.77. The molecule has 3 aromatic rings. The van der Waals surface area contributed by atoms with Crippen molar-refractivity contribution in [2.24, 2.45) is 0 Å². The van der Waals surface area contributed by atoms with Crippen molar-refractivity contribution in [2.45, 2.75) is 13.1 Å². The summed E-state index contributed by atoms with van der Waals surface area (Å²) in [5.74, 6) is -2.05. The second-order valence-corrected chi connectivity index (χ2v) is 6.07. The third-order valence-electron chi connectivity index (χ3n) is 4.16. The first-order chi connectivity index (χ1) is 13.6. The highest BCUT2D eigenvalue weighted by atomic mass is 19.4. The molecule has 0 unspecified atom stereocenters. The van der Waals surface area contributed by atoms with Crippen molar-refractivity contribution in [1.82, 2.24) is 10.4 Å². The zero-order chi connectivity index (χ0) is 21.3. The van der Waals surface area contributed by atoms with E-state index in [0.29, 0.717) is 28.7 Å². The van der Waals surface area contributed by atoms with E-state index in [-0.39, 0.29) is 5.56 Å². The summed E-state index contributed by atoms with van der Waals surface area (Å²) in [5.41, 5.74) is 2.84. The minimum Gasteiger partial charge on any atom is -0.358 e.